The van der Waals surface area contributed by atoms with Crippen LogP contribution in [-0.4, -0.2) is 10.1 Å². The molecule has 0 aromatic carbocycles. The second kappa shape index (κ2) is 3.66. The third-order valence-corrected chi connectivity index (χ3v) is 2.89. The van der Waals surface area contributed by atoms with E-state index in [1.54, 1.807) is 0 Å². The van der Waals surface area contributed by atoms with Gasteiger partial charge in [-0.3, -0.25) is 0 Å². The van der Waals surface area contributed by atoms with Gasteiger partial charge in [0.15, 0.2) is 0 Å². The highest BCUT2D eigenvalue weighted by atomic mass is 79.9. The number of aromatic hydroxyl groups is 1. The van der Waals surface area contributed by atoms with E-state index in [9.17, 15) is 8.78 Å². The molecule has 0 saturated carbocycles. The predicted molar refractivity (Wildman–Crippen MR) is 46.3 cm³/mol. The summed E-state index contributed by atoms with van der Waals surface area (Å²) in [5.74, 6) is -0.514. The molecule has 1 N–H and O–H groups in total. The number of pyridine rings is 1. The minimum atomic E-state index is -2.77. The minimum Gasteiger partial charge on any atom is -0.506 e. The first-order valence-electron chi connectivity index (χ1n) is 2.85. The van der Waals surface area contributed by atoms with Gasteiger partial charge in [0.25, 0.3) is 6.43 Å². The summed E-state index contributed by atoms with van der Waals surface area (Å²) in [5.41, 5.74) is -0.620. The standard InChI is InChI=1S/C6H3Br2F2NO/c7-2-1-3(12)4(6(9)10)11-5(2)8/h1,6,12H. The number of aromatic nitrogens is 1. The van der Waals surface area contributed by atoms with Crippen molar-refractivity contribution in [2.45, 2.75) is 6.43 Å². The fourth-order valence-corrected chi connectivity index (χ4v) is 1.24. The summed E-state index contributed by atoms with van der Waals surface area (Å²) >= 11 is 5.96. The number of alkyl halides is 2. The predicted octanol–water partition coefficient (Wildman–Crippen LogP) is 3.25. The Hall–Kier alpha value is -0.230. The number of hydrogen-bond acceptors (Lipinski definition) is 2. The van der Waals surface area contributed by atoms with Crippen LogP contribution in [0.25, 0.3) is 0 Å². The SMILES string of the molecule is Oc1cc(Br)c(Br)nc1C(F)F. The molecule has 6 heteroatoms. The molecule has 0 bridgehead atoms. The molecule has 0 saturated heterocycles. The van der Waals surface area contributed by atoms with Crippen LogP contribution in [0.4, 0.5) is 8.78 Å². The smallest absolute Gasteiger partial charge is 0.284 e. The van der Waals surface area contributed by atoms with Gasteiger partial charge in [-0.25, -0.2) is 13.8 Å². The van der Waals surface area contributed by atoms with Gasteiger partial charge in [-0.1, -0.05) is 0 Å². The van der Waals surface area contributed by atoms with Crippen LogP contribution in [0.2, 0.25) is 0 Å². The molecule has 0 unspecified atom stereocenters. The summed E-state index contributed by atoms with van der Waals surface area (Å²) < 4.78 is 24.8. The summed E-state index contributed by atoms with van der Waals surface area (Å²) in [6, 6.07) is 1.17. The Bertz CT molecular complexity index is 306. The number of hydrogen-bond donors (Lipinski definition) is 1. The highest BCUT2D eigenvalue weighted by Crippen LogP contribution is 2.32. The van der Waals surface area contributed by atoms with Crippen molar-refractivity contribution >= 4 is 31.9 Å². The van der Waals surface area contributed by atoms with Gasteiger partial charge in [0, 0.05) is 0 Å². The first-order chi connectivity index (χ1) is 5.52. The zero-order chi connectivity index (χ0) is 9.30. The Morgan fingerprint density at radius 2 is 2.00 bits per heavy atom. The zero-order valence-corrected chi connectivity index (χ0v) is 8.73. The lowest BCUT2D eigenvalue weighted by Gasteiger charge is -2.03. The molecule has 1 aromatic rings. The van der Waals surface area contributed by atoms with Crippen LogP contribution in [0.1, 0.15) is 12.1 Å². The zero-order valence-electron chi connectivity index (χ0n) is 5.56. The fraction of sp³-hybridized carbons (Fsp3) is 0.167. The molecule has 0 spiro atoms. The van der Waals surface area contributed by atoms with Crippen LogP contribution in [0.5, 0.6) is 5.75 Å². The molecule has 1 rings (SSSR count). The third kappa shape index (κ3) is 1.92. The van der Waals surface area contributed by atoms with Crippen LogP contribution >= 0.6 is 31.9 Å². The van der Waals surface area contributed by atoms with Gasteiger partial charge < -0.3 is 5.11 Å². The highest BCUT2D eigenvalue weighted by molar-refractivity contribution is 9.13. The summed E-state index contributed by atoms with van der Waals surface area (Å²) in [6.45, 7) is 0. The first-order valence-corrected chi connectivity index (χ1v) is 4.44. The van der Waals surface area contributed by atoms with Crippen molar-refractivity contribution < 1.29 is 13.9 Å². The molecule has 66 valence electrons. The topological polar surface area (TPSA) is 33.1 Å². The maximum Gasteiger partial charge on any atom is 0.284 e. The Morgan fingerprint density at radius 1 is 1.42 bits per heavy atom. The van der Waals surface area contributed by atoms with E-state index in [0.717, 1.165) is 0 Å². The van der Waals surface area contributed by atoms with Gasteiger partial charge in [0.2, 0.25) is 0 Å². The average molecular weight is 303 g/mol. The van der Waals surface area contributed by atoms with Crippen molar-refractivity contribution in [1.29, 1.82) is 0 Å². The van der Waals surface area contributed by atoms with E-state index in [1.165, 1.54) is 6.07 Å². The molecule has 0 aliphatic heterocycles. The Labute approximate surface area is 83.9 Å². The van der Waals surface area contributed by atoms with E-state index >= 15 is 0 Å². The number of nitrogens with zero attached hydrogens (tertiary/aromatic N) is 1. The second-order valence-corrected chi connectivity index (χ2v) is 3.57. The first kappa shape index (κ1) is 9.85. The molecule has 1 heterocycles. The molecule has 0 aliphatic rings. The molecule has 2 nitrogen and oxygen atoms in total. The second-order valence-electron chi connectivity index (χ2n) is 1.97. The summed E-state index contributed by atoms with van der Waals surface area (Å²) in [5, 5.41) is 8.99. The van der Waals surface area contributed by atoms with Crippen molar-refractivity contribution in [3.8, 4) is 5.75 Å². The molecule has 0 aliphatic carbocycles. The Morgan fingerprint density at radius 3 is 2.50 bits per heavy atom. The van der Waals surface area contributed by atoms with Gasteiger partial charge >= 0.3 is 0 Å². The summed E-state index contributed by atoms with van der Waals surface area (Å²) in [7, 11) is 0. The van der Waals surface area contributed by atoms with Gasteiger partial charge in [-0.2, -0.15) is 0 Å². The van der Waals surface area contributed by atoms with E-state index in [2.05, 4.69) is 36.8 Å². The summed E-state index contributed by atoms with van der Waals surface area (Å²) in [6.07, 6.45) is -2.77. The van der Waals surface area contributed by atoms with Gasteiger partial charge in [-0.05, 0) is 37.9 Å². The van der Waals surface area contributed by atoms with E-state index in [0.29, 0.717) is 4.47 Å². The van der Waals surface area contributed by atoms with Gasteiger partial charge in [0.05, 0.1) is 4.47 Å². The third-order valence-electron chi connectivity index (χ3n) is 1.15. The largest absolute Gasteiger partial charge is 0.506 e. The monoisotopic (exact) mass is 301 g/mol. The fourth-order valence-electron chi connectivity index (χ4n) is 0.631. The Kier molecular flexibility index (Phi) is 3.00. The average Bonchev–Trinajstić information content (AvgIpc) is 1.96. The van der Waals surface area contributed by atoms with Crippen molar-refractivity contribution in [3.05, 3.63) is 20.8 Å². The van der Waals surface area contributed by atoms with Crippen LogP contribution in [-0.2, 0) is 0 Å². The van der Waals surface area contributed by atoms with E-state index < -0.39 is 17.9 Å². The molecular formula is C6H3Br2F2NO. The lowest BCUT2D eigenvalue weighted by molar-refractivity contribution is 0.141. The van der Waals surface area contributed by atoms with Crippen LogP contribution in [0.15, 0.2) is 15.1 Å². The normalized spacial score (nSPS) is 10.8. The molecule has 0 atom stereocenters. The van der Waals surface area contributed by atoms with Gasteiger partial charge in [-0.15, -0.1) is 0 Å². The van der Waals surface area contributed by atoms with Crippen molar-refractivity contribution in [2.24, 2.45) is 0 Å². The molecule has 0 radical (unpaired) electrons. The van der Waals surface area contributed by atoms with Crippen molar-refractivity contribution in [3.63, 3.8) is 0 Å². The Balaban J connectivity index is 3.23. The molecule has 12 heavy (non-hydrogen) atoms. The van der Waals surface area contributed by atoms with Gasteiger partial charge in [0.1, 0.15) is 16.0 Å². The maximum atomic E-state index is 12.1. The molecule has 1 aromatic heterocycles. The minimum absolute atomic E-state index is 0.246. The van der Waals surface area contributed by atoms with Crippen LogP contribution in [0, 0.1) is 0 Å². The maximum absolute atomic E-state index is 12.1. The van der Waals surface area contributed by atoms with E-state index in [1.807, 2.05) is 0 Å². The highest BCUT2D eigenvalue weighted by Gasteiger charge is 2.16. The molecular weight excluding hydrogens is 300 g/mol. The molecule has 0 fully saturated rings. The van der Waals surface area contributed by atoms with E-state index in [-0.39, 0.29) is 4.60 Å². The van der Waals surface area contributed by atoms with E-state index in [4.69, 9.17) is 5.11 Å². The van der Waals surface area contributed by atoms with Crippen molar-refractivity contribution in [2.75, 3.05) is 0 Å². The lowest BCUT2D eigenvalue weighted by Crippen LogP contribution is -1.91. The molecule has 0 amide bonds. The summed E-state index contributed by atoms with van der Waals surface area (Å²) in [4.78, 5) is 3.44. The lowest BCUT2D eigenvalue weighted by atomic mass is 10.3. The number of halogens is 4. The van der Waals surface area contributed by atoms with Crippen LogP contribution < -0.4 is 0 Å². The van der Waals surface area contributed by atoms with Crippen LogP contribution in [0.3, 0.4) is 0 Å². The quantitative estimate of drug-likeness (QED) is 0.808. The number of rotatable bonds is 1. The van der Waals surface area contributed by atoms with Crippen molar-refractivity contribution in [1.82, 2.24) is 4.98 Å².